The molecule has 1 aromatic carbocycles. The largest absolute Gasteiger partial charge is 0.506 e. The van der Waals surface area contributed by atoms with Crippen molar-refractivity contribution >= 4 is 5.69 Å². The van der Waals surface area contributed by atoms with Gasteiger partial charge in [-0.1, -0.05) is 6.07 Å². The Balaban J connectivity index is 3.02. The first-order chi connectivity index (χ1) is 5.27. The van der Waals surface area contributed by atoms with Crippen molar-refractivity contribution < 1.29 is 15.4 Å². The summed E-state index contributed by atoms with van der Waals surface area (Å²) in [7, 11) is 0. The number of phenols is 1. The van der Waals surface area contributed by atoms with E-state index in [1.807, 2.05) is 5.48 Å². The minimum absolute atomic E-state index is 0.0512. The van der Waals surface area contributed by atoms with E-state index >= 15 is 0 Å². The molecule has 4 N–H and O–H groups in total. The zero-order chi connectivity index (χ0) is 8.27. The summed E-state index contributed by atoms with van der Waals surface area (Å²) in [6, 6.07) is 4.41. The molecule has 0 heterocycles. The highest BCUT2D eigenvalue weighted by Crippen LogP contribution is 2.23. The predicted octanol–water partition coefficient (Wildman–Crippen LogP) is 0.686. The number of aromatic hydroxyl groups is 1. The Morgan fingerprint density at radius 3 is 2.64 bits per heavy atom. The van der Waals surface area contributed by atoms with E-state index in [0.717, 1.165) is 0 Å². The zero-order valence-corrected chi connectivity index (χ0v) is 5.78. The van der Waals surface area contributed by atoms with Gasteiger partial charge in [0.05, 0.1) is 6.61 Å². The molecule has 0 unspecified atom stereocenters. The maximum atomic E-state index is 9.03. The minimum Gasteiger partial charge on any atom is -0.506 e. The van der Waals surface area contributed by atoms with E-state index in [9.17, 15) is 0 Å². The standard InChI is InChI=1S/C7H9NO3/c9-4-5-1-2-7(10)6(3-5)8-11/h1-3,8-11H,4H2. The molecule has 0 saturated heterocycles. The molecular weight excluding hydrogens is 146 g/mol. The highest BCUT2D eigenvalue weighted by Gasteiger charge is 1.99. The lowest BCUT2D eigenvalue weighted by atomic mass is 10.2. The van der Waals surface area contributed by atoms with Crippen LogP contribution in [0.5, 0.6) is 5.75 Å². The molecule has 60 valence electrons. The van der Waals surface area contributed by atoms with Gasteiger partial charge in [-0.3, -0.25) is 10.7 Å². The van der Waals surface area contributed by atoms with Crippen LogP contribution in [0.4, 0.5) is 5.69 Å². The number of benzene rings is 1. The number of nitrogens with one attached hydrogen (secondary N) is 1. The zero-order valence-electron chi connectivity index (χ0n) is 5.78. The van der Waals surface area contributed by atoms with Crippen LogP contribution in [-0.4, -0.2) is 15.4 Å². The molecule has 4 nitrogen and oxygen atoms in total. The Bertz CT molecular complexity index is 249. The van der Waals surface area contributed by atoms with E-state index in [1.165, 1.54) is 12.1 Å². The van der Waals surface area contributed by atoms with Gasteiger partial charge in [-0.05, 0) is 17.7 Å². The van der Waals surface area contributed by atoms with Crippen molar-refractivity contribution in [2.75, 3.05) is 5.48 Å². The van der Waals surface area contributed by atoms with E-state index in [2.05, 4.69) is 0 Å². The summed E-state index contributed by atoms with van der Waals surface area (Å²) in [5, 5.41) is 26.1. The Morgan fingerprint density at radius 1 is 1.36 bits per heavy atom. The smallest absolute Gasteiger partial charge is 0.140 e. The molecule has 0 aliphatic carbocycles. The van der Waals surface area contributed by atoms with Crippen molar-refractivity contribution in [1.82, 2.24) is 0 Å². The Kier molecular flexibility index (Phi) is 2.30. The molecule has 11 heavy (non-hydrogen) atoms. The van der Waals surface area contributed by atoms with Crippen LogP contribution in [0.3, 0.4) is 0 Å². The fourth-order valence-corrected chi connectivity index (χ4v) is 0.771. The normalized spacial score (nSPS) is 9.64. The first-order valence-corrected chi connectivity index (χ1v) is 3.11. The summed E-state index contributed by atoms with van der Waals surface area (Å²) in [5.41, 5.74) is 2.62. The summed E-state index contributed by atoms with van der Waals surface area (Å²) in [6.07, 6.45) is 0. The molecule has 0 aromatic heterocycles. The van der Waals surface area contributed by atoms with E-state index in [0.29, 0.717) is 5.56 Å². The summed E-state index contributed by atoms with van der Waals surface area (Å²) in [5.74, 6) is -0.0512. The molecule has 1 rings (SSSR count). The van der Waals surface area contributed by atoms with Gasteiger partial charge < -0.3 is 10.2 Å². The Morgan fingerprint density at radius 2 is 2.09 bits per heavy atom. The van der Waals surface area contributed by atoms with Crippen LogP contribution in [0.15, 0.2) is 18.2 Å². The topological polar surface area (TPSA) is 72.7 Å². The minimum atomic E-state index is -0.116. The second-order valence-electron chi connectivity index (χ2n) is 2.12. The van der Waals surface area contributed by atoms with Crippen LogP contribution in [0, 0.1) is 0 Å². The molecular formula is C7H9NO3. The number of anilines is 1. The molecule has 0 aliphatic rings. The van der Waals surface area contributed by atoms with E-state index in [4.69, 9.17) is 15.4 Å². The third-order valence-corrected chi connectivity index (χ3v) is 1.36. The van der Waals surface area contributed by atoms with Crippen molar-refractivity contribution in [2.45, 2.75) is 6.61 Å². The molecule has 0 saturated carbocycles. The van der Waals surface area contributed by atoms with Gasteiger partial charge in [0.15, 0.2) is 0 Å². The molecule has 0 bridgehead atoms. The molecule has 0 fully saturated rings. The summed E-state index contributed by atoms with van der Waals surface area (Å²) < 4.78 is 0. The van der Waals surface area contributed by atoms with Crippen LogP contribution in [0.1, 0.15) is 5.56 Å². The molecule has 1 aromatic rings. The highest BCUT2D eigenvalue weighted by molar-refractivity contribution is 5.55. The number of aliphatic hydroxyl groups is 1. The number of hydrogen-bond acceptors (Lipinski definition) is 4. The highest BCUT2D eigenvalue weighted by atomic mass is 16.5. The second kappa shape index (κ2) is 3.23. The van der Waals surface area contributed by atoms with Crippen LogP contribution >= 0.6 is 0 Å². The summed E-state index contributed by atoms with van der Waals surface area (Å²) >= 11 is 0. The average molecular weight is 155 g/mol. The van der Waals surface area contributed by atoms with E-state index in [1.54, 1.807) is 6.07 Å². The first-order valence-electron chi connectivity index (χ1n) is 3.11. The second-order valence-corrected chi connectivity index (χ2v) is 2.12. The van der Waals surface area contributed by atoms with Crippen molar-refractivity contribution in [3.63, 3.8) is 0 Å². The lowest BCUT2D eigenvalue weighted by Gasteiger charge is -2.03. The third-order valence-electron chi connectivity index (χ3n) is 1.36. The summed E-state index contributed by atoms with van der Waals surface area (Å²) in [6.45, 7) is -0.116. The summed E-state index contributed by atoms with van der Waals surface area (Å²) in [4.78, 5) is 0. The van der Waals surface area contributed by atoms with Gasteiger partial charge >= 0.3 is 0 Å². The SMILES string of the molecule is OCc1ccc(O)c(NO)c1. The lowest BCUT2D eigenvalue weighted by molar-refractivity contribution is 0.281. The van der Waals surface area contributed by atoms with Crippen molar-refractivity contribution in [3.05, 3.63) is 23.8 Å². The van der Waals surface area contributed by atoms with Crippen LogP contribution < -0.4 is 5.48 Å². The van der Waals surface area contributed by atoms with E-state index < -0.39 is 0 Å². The van der Waals surface area contributed by atoms with Crippen LogP contribution in [0.25, 0.3) is 0 Å². The number of phenolic OH excluding ortho intramolecular Hbond substituents is 1. The number of hydrogen-bond donors (Lipinski definition) is 4. The maximum Gasteiger partial charge on any atom is 0.140 e. The predicted molar refractivity (Wildman–Crippen MR) is 39.4 cm³/mol. The quantitative estimate of drug-likeness (QED) is 0.374. The molecule has 4 heteroatoms. The van der Waals surface area contributed by atoms with Crippen LogP contribution in [-0.2, 0) is 6.61 Å². The molecule has 0 aliphatic heterocycles. The van der Waals surface area contributed by atoms with Gasteiger partial charge in [-0.25, -0.2) is 0 Å². The Labute approximate surface area is 63.7 Å². The Hall–Kier alpha value is -1.26. The van der Waals surface area contributed by atoms with Gasteiger partial charge in [0.1, 0.15) is 11.4 Å². The van der Waals surface area contributed by atoms with Crippen LogP contribution in [0.2, 0.25) is 0 Å². The monoisotopic (exact) mass is 155 g/mol. The molecule has 0 amide bonds. The van der Waals surface area contributed by atoms with Gasteiger partial charge in [0.2, 0.25) is 0 Å². The van der Waals surface area contributed by atoms with Gasteiger partial charge in [0.25, 0.3) is 0 Å². The van der Waals surface area contributed by atoms with Gasteiger partial charge in [-0.2, -0.15) is 0 Å². The lowest BCUT2D eigenvalue weighted by Crippen LogP contribution is -1.91. The molecule has 0 atom stereocenters. The first kappa shape index (κ1) is 7.84. The molecule has 0 radical (unpaired) electrons. The van der Waals surface area contributed by atoms with Crippen molar-refractivity contribution in [2.24, 2.45) is 0 Å². The van der Waals surface area contributed by atoms with Crippen molar-refractivity contribution in [1.29, 1.82) is 0 Å². The molecule has 0 spiro atoms. The third kappa shape index (κ3) is 1.60. The number of rotatable bonds is 2. The van der Waals surface area contributed by atoms with E-state index in [-0.39, 0.29) is 18.0 Å². The number of aliphatic hydroxyl groups excluding tert-OH is 1. The maximum absolute atomic E-state index is 9.03. The fraction of sp³-hybridized carbons (Fsp3) is 0.143. The fourth-order valence-electron chi connectivity index (χ4n) is 0.771. The van der Waals surface area contributed by atoms with Gasteiger partial charge in [-0.15, -0.1) is 0 Å². The van der Waals surface area contributed by atoms with Crippen molar-refractivity contribution in [3.8, 4) is 5.75 Å². The van der Waals surface area contributed by atoms with Gasteiger partial charge in [0, 0.05) is 0 Å². The average Bonchev–Trinajstić information content (AvgIpc) is 2.05.